The van der Waals surface area contributed by atoms with E-state index >= 15 is 0 Å². The minimum Gasteiger partial charge on any atom is -0.357 e. The third-order valence-electron chi connectivity index (χ3n) is 3.58. The lowest BCUT2D eigenvalue weighted by Gasteiger charge is -2.28. The molecule has 0 spiro atoms. The van der Waals surface area contributed by atoms with E-state index in [-0.39, 0.29) is 24.4 Å². The van der Waals surface area contributed by atoms with Crippen molar-refractivity contribution in [3.05, 3.63) is 0 Å². The zero-order valence-corrected chi connectivity index (χ0v) is 12.8. The summed E-state index contributed by atoms with van der Waals surface area (Å²) >= 11 is 0. The van der Waals surface area contributed by atoms with Crippen LogP contribution in [0.5, 0.6) is 0 Å². The molecule has 3 fully saturated rings. The fourth-order valence-corrected chi connectivity index (χ4v) is 3.15. The maximum atomic E-state index is 5.91. The smallest absolute Gasteiger partial charge is 0.190 e. The Morgan fingerprint density at radius 3 is 2.32 bits per heavy atom. The highest BCUT2D eigenvalue weighted by Gasteiger charge is 2.58. The van der Waals surface area contributed by atoms with Gasteiger partial charge in [-0.15, -0.1) is 0 Å². The fraction of sp³-hybridized carbons (Fsp3) is 1.00. The van der Waals surface area contributed by atoms with Crippen molar-refractivity contribution >= 4 is 9.47 Å². The normalized spacial score (nSPS) is 47.5. The minimum atomic E-state index is -0.645. The summed E-state index contributed by atoms with van der Waals surface area (Å²) in [5, 5.41) is 0. The van der Waals surface area contributed by atoms with Crippen LogP contribution in [0.4, 0.5) is 0 Å². The molecular formula is C12H21O6P. The molecule has 1 unspecified atom stereocenters. The molecule has 7 heteroatoms. The first kappa shape index (κ1) is 14.1. The second kappa shape index (κ2) is 4.60. The molecule has 19 heavy (non-hydrogen) atoms. The molecule has 3 aliphatic heterocycles. The first-order chi connectivity index (χ1) is 8.81. The van der Waals surface area contributed by atoms with Gasteiger partial charge in [-0.1, -0.05) is 0 Å². The van der Waals surface area contributed by atoms with Crippen LogP contribution in [0.15, 0.2) is 0 Å². The predicted octanol–water partition coefficient (Wildman–Crippen LogP) is 1.19. The van der Waals surface area contributed by atoms with Crippen LogP contribution in [0.2, 0.25) is 0 Å². The third-order valence-corrected chi connectivity index (χ3v) is 3.90. The molecule has 3 heterocycles. The van der Waals surface area contributed by atoms with Gasteiger partial charge in [-0.2, -0.15) is 0 Å². The van der Waals surface area contributed by atoms with Gasteiger partial charge in [-0.25, -0.2) is 0 Å². The van der Waals surface area contributed by atoms with Crippen LogP contribution in [-0.2, 0) is 28.2 Å². The molecule has 0 saturated carbocycles. The van der Waals surface area contributed by atoms with Gasteiger partial charge in [0, 0.05) is 9.47 Å². The van der Waals surface area contributed by atoms with Gasteiger partial charge in [-0.05, 0) is 27.7 Å². The third kappa shape index (κ3) is 2.56. The molecule has 6 atom stereocenters. The van der Waals surface area contributed by atoms with E-state index in [1.807, 2.05) is 27.7 Å². The zero-order valence-electron chi connectivity index (χ0n) is 11.6. The molecular weight excluding hydrogens is 271 g/mol. The molecule has 6 nitrogen and oxygen atoms in total. The van der Waals surface area contributed by atoms with Gasteiger partial charge < -0.3 is 28.2 Å². The summed E-state index contributed by atoms with van der Waals surface area (Å²) in [4.78, 5) is 0. The molecule has 110 valence electrons. The van der Waals surface area contributed by atoms with Gasteiger partial charge in [0.1, 0.15) is 24.4 Å². The van der Waals surface area contributed by atoms with Crippen molar-refractivity contribution in [2.75, 3.05) is 6.61 Å². The van der Waals surface area contributed by atoms with E-state index in [4.69, 9.17) is 28.2 Å². The molecule has 0 amide bonds. The summed E-state index contributed by atoms with van der Waals surface area (Å²) in [5.74, 6) is -1.23. The summed E-state index contributed by atoms with van der Waals surface area (Å²) < 4.78 is 34.3. The van der Waals surface area contributed by atoms with E-state index in [9.17, 15) is 0 Å². The van der Waals surface area contributed by atoms with Gasteiger partial charge in [0.25, 0.3) is 0 Å². The van der Waals surface area contributed by atoms with Crippen molar-refractivity contribution in [1.82, 2.24) is 0 Å². The fourth-order valence-electron chi connectivity index (χ4n) is 2.84. The van der Waals surface area contributed by atoms with Gasteiger partial charge in [0.05, 0.1) is 6.61 Å². The molecule has 3 rings (SSSR count). The van der Waals surface area contributed by atoms with Crippen LogP contribution in [0, 0.1) is 0 Å². The molecule has 0 radical (unpaired) electrons. The first-order valence-electron chi connectivity index (χ1n) is 6.50. The lowest BCUT2D eigenvalue weighted by Crippen LogP contribution is -2.42. The molecule has 3 saturated heterocycles. The Kier molecular flexibility index (Phi) is 3.42. The van der Waals surface area contributed by atoms with Crippen LogP contribution in [0.1, 0.15) is 27.7 Å². The molecule has 0 aromatic carbocycles. The largest absolute Gasteiger partial charge is 0.357 e. The van der Waals surface area contributed by atoms with Crippen molar-refractivity contribution in [2.45, 2.75) is 70.0 Å². The van der Waals surface area contributed by atoms with Crippen LogP contribution in [-0.4, -0.2) is 48.9 Å². The highest BCUT2D eigenvalue weighted by Crippen LogP contribution is 2.42. The van der Waals surface area contributed by atoms with Crippen molar-refractivity contribution in [1.29, 1.82) is 0 Å². The van der Waals surface area contributed by atoms with Crippen molar-refractivity contribution in [2.24, 2.45) is 0 Å². The number of hydrogen-bond acceptors (Lipinski definition) is 6. The maximum Gasteiger partial charge on any atom is 0.190 e. The van der Waals surface area contributed by atoms with Crippen molar-refractivity contribution in [3.8, 4) is 0 Å². The van der Waals surface area contributed by atoms with Crippen molar-refractivity contribution in [3.63, 3.8) is 0 Å². The molecule has 0 aromatic rings. The lowest BCUT2D eigenvalue weighted by molar-refractivity contribution is -0.229. The Hall–Kier alpha value is 0.190. The lowest BCUT2D eigenvalue weighted by atomic mass is 10.1. The van der Waals surface area contributed by atoms with E-state index < -0.39 is 17.9 Å². The van der Waals surface area contributed by atoms with E-state index in [2.05, 4.69) is 9.47 Å². The van der Waals surface area contributed by atoms with Gasteiger partial charge in [0.2, 0.25) is 0 Å². The number of rotatable bonds is 2. The predicted molar refractivity (Wildman–Crippen MR) is 68.2 cm³/mol. The summed E-state index contributed by atoms with van der Waals surface area (Å²) in [6.07, 6.45) is -1.35. The SMILES string of the molecule is CC1(C)O[C@H]2O[C@H]([C@@H]3COC(C)(C)O3)[C@H](OP)[C@H]2O1. The Labute approximate surface area is 115 Å². The van der Waals surface area contributed by atoms with Crippen LogP contribution in [0.25, 0.3) is 0 Å². The monoisotopic (exact) mass is 292 g/mol. The van der Waals surface area contributed by atoms with E-state index in [1.54, 1.807) is 0 Å². The Balaban J connectivity index is 1.72. The molecule has 0 aliphatic carbocycles. The number of fused-ring (bicyclic) bond motifs is 1. The van der Waals surface area contributed by atoms with Crippen LogP contribution < -0.4 is 0 Å². The summed E-state index contributed by atoms with van der Waals surface area (Å²) in [7, 11) is 2.28. The molecule has 0 bridgehead atoms. The highest BCUT2D eigenvalue weighted by atomic mass is 31.0. The highest BCUT2D eigenvalue weighted by molar-refractivity contribution is 7.09. The average molecular weight is 292 g/mol. The van der Waals surface area contributed by atoms with E-state index in [0.29, 0.717) is 6.61 Å². The standard InChI is InChI=1S/C12H21O6P/c1-11(2)13-5-6(15-11)7-8(18-19)9-10(14-7)17-12(3,4)16-9/h6-10H,5,19H2,1-4H3/t6-,7+,8-,9+,10+/m0/s1. The Morgan fingerprint density at radius 1 is 1.00 bits per heavy atom. The molecule has 3 aliphatic rings. The topological polar surface area (TPSA) is 55.4 Å². The Morgan fingerprint density at radius 2 is 1.74 bits per heavy atom. The number of ether oxygens (including phenoxy) is 5. The van der Waals surface area contributed by atoms with Crippen LogP contribution >= 0.6 is 9.47 Å². The molecule has 0 N–H and O–H groups in total. The van der Waals surface area contributed by atoms with Gasteiger partial charge in [0.15, 0.2) is 17.9 Å². The second-order valence-corrected chi connectivity index (χ2v) is 6.31. The summed E-state index contributed by atoms with van der Waals surface area (Å²) in [6.45, 7) is 7.97. The average Bonchev–Trinajstić information content (AvgIpc) is 2.87. The first-order valence-corrected chi connectivity index (χ1v) is 6.97. The van der Waals surface area contributed by atoms with E-state index in [1.165, 1.54) is 0 Å². The van der Waals surface area contributed by atoms with Gasteiger partial charge >= 0.3 is 0 Å². The number of hydrogen-bond donors (Lipinski definition) is 0. The van der Waals surface area contributed by atoms with Gasteiger partial charge in [-0.3, -0.25) is 0 Å². The zero-order chi connectivity index (χ0) is 13.8. The minimum absolute atomic E-state index is 0.179. The van der Waals surface area contributed by atoms with Crippen molar-refractivity contribution < 1.29 is 28.2 Å². The second-order valence-electron chi connectivity index (χ2n) is 6.04. The maximum absolute atomic E-state index is 5.91. The quantitative estimate of drug-likeness (QED) is 0.713. The van der Waals surface area contributed by atoms with Crippen LogP contribution in [0.3, 0.4) is 0 Å². The summed E-state index contributed by atoms with van der Waals surface area (Å²) in [5.41, 5.74) is 0. The summed E-state index contributed by atoms with van der Waals surface area (Å²) in [6, 6.07) is 0. The van der Waals surface area contributed by atoms with E-state index in [0.717, 1.165) is 0 Å². The molecule has 0 aromatic heterocycles. The Bertz CT molecular complexity index is 360.